The van der Waals surface area contributed by atoms with Gasteiger partial charge in [0.05, 0.1) is 24.0 Å². The smallest absolute Gasteiger partial charge is 0.227 e. The highest BCUT2D eigenvalue weighted by Crippen LogP contribution is 2.20. The largest absolute Gasteiger partial charge is 0.341 e. The number of benzene rings is 3. The summed E-state index contributed by atoms with van der Waals surface area (Å²) in [5.74, 6) is 1.20. The molecular weight excluding hydrogens is 360 g/mol. The molecule has 0 saturated carbocycles. The molecule has 29 heavy (non-hydrogen) atoms. The van der Waals surface area contributed by atoms with E-state index in [0.717, 1.165) is 55.1 Å². The summed E-state index contributed by atoms with van der Waals surface area (Å²) in [6, 6.07) is 22.6. The lowest BCUT2D eigenvalue weighted by molar-refractivity contribution is -0.132. The Hall–Kier alpha value is -3.18. The normalized spacial score (nSPS) is 15.2. The van der Waals surface area contributed by atoms with E-state index in [1.54, 1.807) is 0 Å². The number of hydrogen-bond donors (Lipinski definition) is 1. The van der Waals surface area contributed by atoms with Crippen LogP contribution < -0.4 is 0 Å². The molecule has 0 bridgehead atoms. The Morgan fingerprint density at radius 1 is 0.897 bits per heavy atom. The average Bonchev–Trinajstić information content (AvgIpc) is 3.17. The summed E-state index contributed by atoms with van der Waals surface area (Å²) in [6.07, 6.45) is 0.463. The van der Waals surface area contributed by atoms with Gasteiger partial charge in [-0.05, 0) is 28.5 Å². The van der Waals surface area contributed by atoms with Crippen LogP contribution in [0.25, 0.3) is 21.8 Å². The molecule has 5 heteroatoms. The van der Waals surface area contributed by atoms with Gasteiger partial charge in [0.25, 0.3) is 0 Å². The first-order valence-corrected chi connectivity index (χ1v) is 10.2. The van der Waals surface area contributed by atoms with E-state index in [9.17, 15) is 4.79 Å². The third kappa shape index (κ3) is 3.74. The van der Waals surface area contributed by atoms with Crippen LogP contribution in [0.5, 0.6) is 0 Å². The molecule has 1 fully saturated rings. The van der Waals surface area contributed by atoms with Crippen LogP contribution in [0, 0.1) is 0 Å². The number of imidazole rings is 1. The van der Waals surface area contributed by atoms with Crippen LogP contribution in [0.2, 0.25) is 0 Å². The summed E-state index contributed by atoms with van der Waals surface area (Å²) in [6.45, 7) is 4.07. The molecule has 0 aliphatic carbocycles. The van der Waals surface area contributed by atoms with E-state index >= 15 is 0 Å². The molecule has 0 radical (unpaired) electrons. The molecule has 4 aromatic rings. The zero-order chi connectivity index (χ0) is 19.6. The minimum Gasteiger partial charge on any atom is -0.341 e. The van der Waals surface area contributed by atoms with Gasteiger partial charge in [-0.3, -0.25) is 9.69 Å². The number of piperazine rings is 1. The van der Waals surface area contributed by atoms with Gasteiger partial charge in [-0.2, -0.15) is 0 Å². The van der Waals surface area contributed by atoms with Crippen molar-refractivity contribution in [2.45, 2.75) is 13.0 Å². The summed E-state index contributed by atoms with van der Waals surface area (Å²) in [4.78, 5) is 25.3. The predicted octanol–water partition coefficient (Wildman–Crippen LogP) is 3.60. The molecule has 1 aliphatic heterocycles. The van der Waals surface area contributed by atoms with Crippen LogP contribution in [0.4, 0.5) is 0 Å². The quantitative estimate of drug-likeness (QED) is 0.585. The standard InChI is InChI=1S/C24H24N4O/c29-24(16-19-8-5-7-18-6-1-2-9-20(18)19)28-14-12-27(13-15-28)17-23-25-21-10-3-4-11-22(21)26-23/h1-11H,12-17H2,(H,25,26). The molecule has 3 aromatic carbocycles. The summed E-state index contributed by atoms with van der Waals surface area (Å²) in [7, 11) is 0. The van der Waals surface area contributed by atoms with E-state index in [0.29, 0.717) is 6.42 Å². The van der Waals surface area contributed by atoms with E-state index in [4.69, 9.17) is 0 Å². The monoisotopic (exact) mass is 384 g/mol. The summed E-state index contributed by atoms with van der Waals surface area (Å²) in [5.41, 5.74) is 3.19. The van der Waals surface area contributed by atoms with Crippen LogP contribution in [0.15, 0.2) is 66.7 Å². The number of amides is 1. The molecule has 5 nitrogen and oxygen atoms in total. The Balaban J connectivity index is 1.20. The molecule has 0 atom stereocenters. The number of H-pyrrole nitrogens is 1. The number of nitrogens with zero attached hydrogens (tertiary/aromatic N) is 3. The Kier molecular flexibility index (Phi) is 4.74. The maximum absolute atomic E-state index is 12.9. The van der Waals surface area contributed by atoms with E-state index in [-0.39, 0.29) is 5.91 Å². The minimum absolute atomic E-state index is 0.213. The van der Waals surface area contributed by atoms with Crippen molar-refractivity contribution in [2.24, 2.45) is 0 Å². The van der Waals surface area contributed by atoms with Gasteiger partial charge in [-0.15, -0.1) is 0 Å². The molecule has 1 amide bonds. The van der Waals surface area contributed by atoms with E-state index in [1.165, 1.54) is 10.8 Å². The van der Waals surface area contributed by atoms with Gasteiger partial charge in [-0.25, -0.2) is 4.98 Å². The van der Waals surface area contributed by atoms with Gasteiger partial charge in [0.15, 0.2) is 0 Å². The molecule has 1 aliphatic rings. The van der Waals surface area contributed by atoms with Crippen molar-refractivity contribution in [1.82, 2.24) is 19.8 Å². The number of carbonyl (C=O) groups excluding carboxylic acids is 1. The third-order valence-corrected chi connectivity index (χ3v) is 5.76. The number of rotatable bonds is 4. The van der Waals surface area contributed by atoms with Crippen LogP contribution in [0.3, 0.4) is 0 Å². The van der Waals surface area contributed by atoms with Gasteiger partial charge in [-0.1, -0.05) is 54.6 Å². The molecule has 1 N–H and O–H groups in total. The Morgan fingerprint density at radius 3 is 2.52 bits per heavy atom. The highest BCUT2D eigenvalue weighted by molar-refractivity contribution is 5.90. The van der Waals surface area contributed by atoms with E-state index < -0.39 is 0 Å². The number of aromatic nitrogens is 2. The predicted molar refractivity (Wildman–Crippen MR) is 116 cm³/mol. The van der Waals surface area contributed by atoms with Crippen molar-refractivity contribution in [3.8, 4) is 0 Å². The first-order chi connectivity index (χ1) is 14.3. The highest BCUT2D eigenvalue weighted by atomic mass is 16.2. The Labute approximate surface area is 170 Å². The average molecular weight is 384 g/mol. The van der Waals surface area contributed by atoms with Crippen molar-refractivity contribution in [3.63, 3.8) is 0 Å². The molecular formula is C24H24N4O. The summed E-state index contributed by atoms with van der Waals surface area (Å²) in [5, 5.41) is 2.36. The third-order valence-electron chi connectivity index (χ3n) is 5.76. The molecule has 0 spiro atoms. The molecule has 1 saturated heterocycles. The molecule has 146 valence electrons. The Morgan fingerprint density at radius 2 is 1.66 bits per heavy atom. The Bertz CT molecular complexity index is 1120. The van der Waals surface area contributed by atoms with Gasteiger partial charge in [0.1, 0.15) is 5.82 Å². The zero-order valence-corrected chi connectivity index (χ0v) is 16.3. The zero-order valence-electron chi connectivity index (χ0n) is 16.3. The fourth-order valence-electron chi connectivity index (χ4n) is 4.17. The van der Waals surface area contributed by atoms with Crippen molar-refractivity contribution < 1.29 is 4.79 Å². The van der Waals surface area contributed by atoms with Crippen LogP contribution >= 0.6 is 0 Å². The number of aromatic amines is 1. The lowest BCUT2D eigenvalue weighted by Crippen LogP contribution is -2.48. The van der Waals surface area contributed by atoms with E-state index in [1.807, 2.05) is 41.3 Å². The molecule has 0 unspecified atom stereocenters. The first kappa shape index (κ1) is 17.9. The maximum atomic E-state index is 12.9. The second-order valence-corrected chi connectivity index (χ2v) is 7.67. The van der Waals surface area contributed by atoms with Crippen molar-refractivity contribution in [2.75, 3.05) is 26.2 Å². The second kappa shape index (κ2) is 7.68. The SMILES string of the molecule is O=C(Cc1cccc2ccccc12)N1CCN(Cc2nc3ccccc3[nH]2)CC1. The van der Waals surface area contributed by atoms with E-state index in [2.05, 4.69) is 45.2 Å². The van der Waals surface area contributed by atoms with Gasteiger partial charge >= 0.3 is 0 Å². The fourth-order valence-corrected chi connectivity index (χ4v) is 4.17. The van der Waals surface area contributed by atoms with Crippen LogP contribution in [-0.4, -0.2) is 51.9 Å². The highest BCUT2D eigenvalue weighted by Gasteiger charge is 2.22. The van der Waals surface area contributed by atoms with Crippen LogP contribution in [-0.2, 0) is 17.8 Å². The van der Waals surface area contributed by atoms with Gasteiger partial charge in [0, 0.05) is 26.2 Å². The first-order valence-electron chi connectivity index (χ1n) is 10.2. The van der Waals surface area contributed by atoms with Crippen molar-refractivity contribution in [3.05, 3.63) is 78.1 Å². The second-order valence-electron chi connectivity index (χ2n) is 7.67. The van der Waals surface area contributed by atoms with Crippen molar-refractivity contribution in [1.29, 1.82) is 0 Å². The molecule has 2 heterocycles. The number of fused-ring (bicyclic) bond motifs is 2. The lowest BCUT2D eigenvalue weighted by Gasteiger charge is -2.34. The molecule has 1 aromatic heterocycles. The lowest BCUT2D eigenvalue weighted by atomic mass is 10.0. The number of para-hydroxylation sites is 2. The number of carbonyl (C=O) groups is 1. The summed E-state index contributed by atoms with van der Waals surface area (Å²) >= 11 is 0. The van der Waals surface area contributed by atoms with Crippen molar-refractivity contribution >= 4 is 27.7 Å². The minimum atomic E-state index is 0.213. The fraction of sp³-hybridized carbons (Fsp3) is 0.250. The molecule has 5 rings (SSSR count). The summed E-state index contributed by atoms with van der Waals surface area (Å²) < 4.78 is 0. The van der Waals surface area contributed by atoms with Gasteiger partial charge in [0.2, 0.25) is 5.91 Å². The topological polar surface area (TPSA) is 52.2 Å². The maximum Gasteiger partial charge on any atom is 0.227 e. The van der Waals surface area contributed by atoms with Crippen LogP contribution in [0.1, 0.15) is 11.4 Å². The number of nitrogens with one attached hydrogen (secondary N) is 1. The number of hydrogen-bond acceptors (Lipinski definition) is 3. The van der Waals surface area contributed by atoms with Gasteiger partial charge < -0.3 is 9.88 Å².